The first-order chi connectivity index (χ1) is 7.50. The predicted octanol–water partition coefficient (Wildman–Crippen LogP) is 0.0223. The number of Topliss-reactive ketones (excluding diaryl/α,β-unsaturated/α-hetero) is 1. The Morgan fingerprint density at radius 2 is 2.00 bits per heavy atom. The average molecular weight is 230 g/mol. The molecule has 1 fully saturated rings. The van der Waals surface area contributed by atoms with E-state index in [9.17, 15) is 19.7 Å². The van der Waals surface area contributed by atoms with E-state index in [0.29, 0.717) is 25.9 Å². The van der Waals surface area contributed by atoms with E-state index in [0.717, 1.165) is 0 Å². The zero-order valence-electron chi connectivity index (χ0n) is 9.05. The summed E-state index contributed by atoms with van der Waals surface area (Å²) < 4.78 is 0. The summed E-state index contributed by atoms with van der Waals surface area (Å²) in [6.07, 6.45) is 1.26. The Morgan fingerprint density at radius 1 is 1.44 bits per heavy atom. The maximum Gasteiger partial charge on any atom is 0.294 e. The van der Waals surface area contributed by atoms with E-state index in [-0.39, 0.29) is 12.5 Å². The number of hydrogen-bond donors (Lipinski definition) is 0. The van der Waals surface area contributed by atoms with Crippen LogP contribution in [0.2, 0.25) is 0 Å². The van der Waals surface area contributed by atoms with Crippen LogP contribution in [-0.4, -0.2) is 41.4 Å². The first-order valence-corrected chi connectivity index (χ1v) is 5.08. The Kier molecular flexibility index (Phi) is 4.21. The average Bonchev–Trinajstić information content (AvgIpc) is 2.26. The molecule has 7 heteroatoms. The third-order valence-electron chi connectivity index (χ3n) is 2.62. The molecule has 1 amide bonds. The highest BCUT2D eigenvalue weighted by Gasteiger charge is 2.25. The minimum Gasteiger partial charge on any atom is -0.336 e. The van der Waals surface area contributed by atoms with Crippen molar-refractivity contribution in [3.05, 3.63) is 10.1 Å². The van der Waals surface area contributed by atoms with E-state index in [2.05, 4.69) is 4.84 Å². The van der Waals surface area contributed by atoms with Crippen LogP contribution in [0.4, 0.5) is 0 Å². The van der Waals surface area contributed by atoms with Crippen LogP contribution in [0, 0.1) is 16.0 Å². The van der Waals surface area contributed by atoms with Gasteiger partial charge in [0, 0.05) is 20.0 Å². The SMILES string of the molecule is CC(=O)C(=O)N1CCC(CO[N+](=O)[O-])CC1. The van der Waals surface area contributed by atoms with Crippen molar-refractivity contribution in [1.82, 2.24) is 4.90 Å². The Balaban J connectivity index is 2.31. The lowest BCUT2D eigenvalue weighted by molar-refractivity contribution is -0.759. The van der Waals surface area contributed by atoms with Crippen molar-refractivity contribution < 1.29 is 19.5 Å². The number of ketones is 1. The van der Waals surface area contributed by atoms with E-state index in [1.165, 1.54) is 11.8 Å². The lowest BCUT2D eigenvalue weighted by atomic mass is 9.98. The number of amides is 1. The summed E-state index contributed by atoms with van der Waals surface area (Å²) in [4.78, 5) is 37.9. The van der Waals surface area contributed by atoms with Crippen LogP contribution in [0.5, 0.6) is 0 Å². The molecular weight excluding hydrogens is 216 g/mol. The van der Waals surface area contributed by atoms with Crippen molar-refractivity contribution in [2.24, 2.45) is 5.92 Å². The molecule has 90 valence electrons. The quantitative estimate of drug-likeness (QED) is 0.386. The monoisotopic (exact) mass is 230 g/mol. The Bertz CT molecular complexity index is 296. The molecule has 1 aliphatic rings. The van der Waals surface area contributed by atoms with Gasteiger partial charge in [-0.25, -0.2) is 0 Å². The standard InChI is InChI=1S/C9H14N2O5/c1-7(12)9(13)10-4-2-8(3-5-10)6-16-11(14)15/h8H,2-6H2,1H3. The fourth-order valence-electron chi connectivity index (χ4n) is 1.69. The smallest absolute Gasteiger partial charge is 0.294 e. The lowest BCUT2D eigenvalue weighted by Crippen LogP contribution is -2.42. The number of piperidine rings is 1. The molecule has 0 aliphatic carbocycles. The number of hydrogen-bond acceptors (Lipinski definition) is 5. The number of rotatable bonds is 4. The molecule has 1 aliphatic heterocycles. The zero-order chi connectivity index (χ0) is 12.1. The highest BCUT2D eigenvalue weighted by Crippen LogP contribution is 2.17. The van der Waals surface area contributed by atoms with Crippen LogP contribution in [0.15, 0.2) is 0 Å². The summed E-state index contributed by atoms with van der Waals surface area (Å²) in [5.41, 5.74) is 0. The second kappa shape index (κ2) is 5.43. The van der Waals surface area contributed by atoms with Gasteiger partial charge in [0.1, 0.15) is 0 Å². The lowest BCUT2D eigenvalue weighted by Gasteiger charge is -2.30. The van der Waals surface area contributed by atoms with Gasteiger partial charge in [-0.1, -0.05) is 0 Å². The third-order valence-corrected chi connectivity index (χ3v) is 2.62. The molecule has 0 bridgehead atoms. The van der Waals surface area contributed by atoms with Gasteiger partial charge in [0.05, 0.1) is 6.61 Å². The molecule has 1 saturated heterocycles. The van der Waals surface area contributed by atoms with E-state index in [1.807, 2.05) is 0 Å². The van der Waals surface area contributed by atoms with Gasteiger partial charge in [-0.15, -0.1) is 10.1 Å². The number of nitrogens with zero attached hydrogens (tertiary/aromatic N) is 2. The highest BCUT2D eigenvalue weighted by molar-refractivity contribution is 6.35. The summed E-state index contributed by atoms with van der Waals surface area (Å²) in [6.45, 7) is 2.23. The summed E-state index contributed by atoms with van der Waals surface area (Å²) in [5, 5.41) is 9.17. The molecule has 0 radical (unpaired) electrons. The van der Waals surface area contributed by atoms with Gasteiger partial charge in [0.2, 0.25) is 5.78 Å². The number of carbonyl (C=O) groups is 2. The summed E-state index contributed by atoms with van der Waals surface area (Å²) in [5.74, 6) is -0.866. The Labute approximate surface area is 92.5 Å². The summed E-state index contributed by atoms with van der Waals surface area (Å²) in [7, 11) is 0. The Morgan fingerprint density at radius 3 is 2.44 bits per heavy atom. The molecule has 0 aromatic carbocycles. The van der Waals surface area contributed by atoms with Crippen LogP contribution < -0.4 is 0 Å². The first-order valence-electron chi connectivity index (χ1n) is 5.08. The molecule has 0 unspecified atom stereocenters. The topological polar surface area (TPSA) is 89.8 Å². The molecule has 0 atom stereocenters. The van der Waals surface area contributed by atoms with Crippen molar-refractivity contribution >= 4 is 11.7 Å². The van der Waals surface area contributed by atoms with Gasteiger partial charge in [-0.05, 0) is 18.8 Å². The fraction of sp³-hybridized carbons (Fsp3) is 0.778. The normalized spacial score (nSPS) is 16.9. The minimum atomic E-state index is -0.812. The van der Waals surface area contributed by atoms with E-state index in [4.69, 9.17) is 0 Å². The molecule has 0 aromatic rings. The Hall–Kier alpha value is -1.66. The van der Waals surface area contributed by atoms with Gasteiger partial charge < -0.3 is 9.74 Å². The molecule has 1 heterocycles. The molecule has 0 N–H and O–H groups in total. The molecule has 1 rings (SSSR count). The number of carbonyl (C=O) groups excluding carboxylic acids is 2. The number of likely N-dealkylation sites (tertiary alicyclic amines) is 1. The van der Waals surface area contributed by atoms with Crippen LogP contribution in [-0.2, 0) is 14.4 Å². The van der Waals surface area contributed by atoms with Gasteiger partial charge >= 0.3 is 0 Å². The fourth-order valence-corrected chi connectivity index (χ4v) is 1.69. The van der Waals surface area contributed by atoms with Crippen molar-refractivity contribution in [2.45, 2.75) is 19.8 Å². The van der Waals surface area contributed by atoms with Crippen molar-refractivity contribution in [1.29, 1.82) is 0 Å². The summed E-state index contributed by atoms with van der Waals surface area (Å²) in [6, 6.07) is 0. The molecule has 0 aromatic heterocycles. The highest BCUT2D eigenvalue weighted by atomic mass is 16.9. The van der Waals surface area contributed by atoms with Crippen LogP contribution in [0.25, 0.3) is 0 Å². The van der Waals surface area contributed by atoms with Crippen LogP contribution in [0.3, 0.4) is 0 Å². The zero-order valence-corrected chi connectivity index (χ0v) is 9.05. The van der Waals surface area contributed by atoms with Crippen molar-refractivity contribution in [3.63, 3.8) is 0 Å². The van der Waals surface area contributed by atoms with Crippen molar-refractivity contribution in [3.8, 4) is 0 Å². The van der Waals surface area contributed by atoms with Crippen molar-refractivity contribution in [2.75, 3.05) is 19.7 Å². The van der Waals surface area contributed by atoms with E-state index < -0.39 is 16.8 Å². The van der Waals surface area contributed by atoms with Gasteiger partial charge in [-0.2, -0.15) is 0 Å². The maximum absolute atomic E-state index is 11.3. The molecule has 0 spiro atoms. The molecule has 16 heavy (non-hydrogen) atoms. The third kappa shape index (κ3) is 3.48. The van der Waals surface area contributed by atoms with Gasteiger partial charge in [0.25, 0.3) is 11.0 Å². The van der Waals surface area contributed by atoms with Gasteiger partial charge in [-0.3, -0.25) is 9.59 Å². The largest absolute Gasteiger partial charge is 0.336 e. The molecule has 0 saturated carbocycles. The first kappa shape index (κ1) is 12.4. The summed E-state index contributed by atoms with van der Waals surface area (Å²) >= 11 is 0. The van der Waals surface area contributed by atoms with E-state index >= 15 is 0 Å². The second-order valence-corrected chi connectivity index (χ2v) is 3.81. The van der Waals surface area contributed by atoms with Crippen LogP contribution in [0.1, 0.15) is 19.8 Å². The molecular formula is C9H14N2O5. The van der Waals surface area contributed by atoms with E-state index in [1.54, 1.807) is 0 Å². The maximum atomic E-state index is 11.3. The second-order valence-electron chi connectivity index (χ2n) is 3.81. The molecule has 7 nitrogen and oxygen atoms in total. The van der Waals surface area contributed by atoms with Crippen LogP contribution >= 0.6 is 0 Å². The van der Waals surface area contributed by atoms with Gasteiger partial charge in [0.15, 0.2) is 0 Å². The minimum absolute atomic E-state index is 0.0646. The predicted molar refractivity (Wildman–Crippen MR) is 52.9 cm³/mol.